The summed E-state index contributed by atoms with van der Waals surface area (Å²) in [6.07, 6.45) is 0. The first-order chi connectivity index (χ1) is 9.09. The lowest BCUT2D eigenvalue weighted by Crippen LogP contribution is -2.01. The molecule has 2 aromatic rings. The van der Waals surface area contributed by atoms with Gasteiger partial charge in [0.2, 0.25) is 0 Å². The van der Waals surface area contributed by atoms with Crippen molar-refractivity contribution in [2.75, 3.05) is 0 Å². The molecule has 4 heteroatoms. The van der Waals surface area contributed by atoms with Gasteiger partial charge in [0, 0.05) is 5.56 Å². The first kappa shape index (κ1) is 13.1. The van der Waals surface area contributed by atoms with Crippen molar-refractivity contribution >= 4 is 5.69 Å². The summed E-state index contributed by atoms with van der Waals surface area (Å²) in [5.74, 6) is 0.313. The van der Waals surface area contributed by atoms with E-state index in [2.05, 4.69) is 0 Å². The Morgan fingerprint density at radius 3 is 2.42 bits per heavy atom. The van der Waals surface area contributed by atoms with E-state index in [1.807, 2.05) is 31.2 Å². The molecule has 0 aromatic heterocycles. The second kappa shape index (κ2) is 5.52. The minimum absolute atomic E-state index is 0.0380. The lowest BCUT2D eigenvalue weighted by atomic mass is 10.1. The van der Waals surface area contributed by atoms with Crippen LogP contribution in [0.2, 0.25) is 0 Å². The van der Waals surface area contributed by atoms with Crippen LogP contribution < -0.4 is 4.74 Å². The molecule has 0 amide bonds. The molecule has 0 saturated carbocycles. The second-order valence-corrected chi connectivity index (χ2v) is 4.39. The van der Waals surface area contributed by atoms with Crippen LogP contribution in [-0.4, -0.2) is 4.92 Å². The molecule has 98 valence electrons. The Morgan fingerprint density at radius 1 is 1.05 bits per heavy atom. The van der Waals surface area contributed by atoms with Crippen molar-refractivity contribution in [2.45, 2.75) is 20.5 Å². The summed E-state index contributed by atoms with van der Waals surface area (Å²) in [5, 5.41) is 11.0. The maximum absolute atomic E-state index is 11.0. The first-order valence-electron chi connectivity index (χ1n) is 6.01. The van der Waals surface area contributed by atoms with E-state index >= 15 is 0 Å². The van der Waals surface area contributed by atoms with Crippen LogP contribution in [0.1, 0.15) is 16.7 Å². The van der Waals surface area contributed by atoms with Crippen LogP contribution in [0.25, 0.3) is 0 Å². The molecule has 2 rings (SSSR count). The Labute approximate surface area is 111 Å². The van der Waals surface area contributed by atoms with E-state index < -0.39 is 4.92 Å². The lowest BCUT2D eigenvalue weighted by molar-refractivity contribution is -0.386. The zero-order chi connectivity index (χ0) is 13.8. The number of para-hydroxylation sites is 1. The average Bonchev–Trinajstić information content (AvgIpc) is 2.37. The summed E-state index contributed by atoms with van der Waals surface area (Å²) < 4.78 is 5.60. The van der Waals surface area contributed by atoms with Crippen molar-refractivity contribution in [2.24, 2.45) is 0 Å². The van der Waals surface area contributed by atoms with Crippen LogP contribution in [0, 0.1) is 24.0 Å². The lowest BCUT2D eigenvalue weighted by Gasteiger charge is -2.09. The van der Waals surface area contributed by atoms with Crippen molar-refractivity contribution in [3.8, 4) is 5.75 Å². The van der Waals surface area contributed by atoms with Gasteiger partial charge in [0.1, 0.15) is 6.61 Å². The van der Waals surface area contributed by atoms with Gasteiger partial charge in [-0.3, -0.25) is 10.1 Å². The van der Waals surface area contributed by atoms with Crippen molar-refractivity contribution < 1.29 is 9.66 Å². The predicted octanol–water partition coefficient (Wildman–Crippen LogP) is 3.79. The number of nitro benzene ring substituents is 1. The quantitative estimate of drug-likeness (QED) is 0.618. The van der Waals surface area contributed by atoms with Crippen molar-refractivity contribution in [3.05, 3.63) is 69.3 Å². The highest BCUT2D eigenvalue weighted by atomic mass is 16.6. The monoisotopic (exact) mass is 257 g/mol. The maximum atomic E-state index is 11.0. The van der Waals surface area contributed by atoms with Gasteiger partial charge in [-0.15, -0.1) is 0 Å². The van der Waals surface area contributed by atoms with Gasteiger partial charge in [0.15, 0.2) is 5.75 Å². The van der Waals surface area contributed by atoms with Crippen LogP contribution >= 0.6 is 0 Å². The van der Waals surface area contributed by atoms with Gasteiger partial charge < -0.3 is 4.74 Å². The Bertz CT molecular complexity index is 608. The molecule has 0 bridgehead atoms. The molecule has 0 radical (unpaired) electrons. The molecule has 2 aromatic carbocycles. The third-order valence-corrected chi connectivity index (χ3v) is 3.03. The standard InChI is InChI=1S/C15H15NO3/c1-11-6-3-4-8-13(11)10-19-14-9-5-7-12(2)15(14)16(17)18/h3-9H,10H2,1-2H3. The van der Waals surface area contributed by atoms with Crippen molar-refractivity contribution in [3.63, 3.8) is 0 Å². The molecule has 0 fully saturated rings. The fourth-order valence-corrected chi connectivity index (χ4v) is 1.91. The number of hydrogen-bond acceptors (Lipinski definition) is 3. The highest BCUT2D eigenvalue weighted by Gasteiger charge is 2.18. The van der Waals surface area contributed by atoms with Gasteiger partial charge in [-0.2, -0.15) is 0 Å². The Kier molecular flexibility index (Phi) is 3.80. The molecule has 0 atom stereocenters. The van der Waals surface area contributed by atoms with E-state index in [9.17, 15) is 10.1 Å². The van der Waals surface area contributed by atoms with E-state index in [1.54, 1.807) is 25.1 Å². The zero-order valence-electron chi connectivity index (χ0n) is 10.9. The normalized spacial score (nSPS) is 10.2. The van der Waals surface area contributed by atoms with Crippen LogP contribution in [0.4, 0.5) is 5.69 Å². The second-order valence-electron chi connectivity index (χ2n) is 4.39. The third kappa shape index (κ3) is 2.91. The van der Waals surface area contributed by atoms with E-state index in [1.165, 1.54) is 0 Å². The van der Waals surface area contributed by atoms with Crippen LogP contribution in [-0.2, 0) is 6.61 Å². The van der Waals surface area contributed by atoms with Gasteiger partial charge in [-0.1, -0.05) is 36.4 Å². The zero-order valence-corrected chi connectivity index (χ0v) is 10.9. The summed E-state index contributed by atoms with van der Waals surface area (Å²) in [5.41, 5.74) is 2.78. The van der Waals surface area contributed by atoms with Crippen molar-refractivity contribution in [1.82, 2.24) is 0 Å². The Morgan fingerprint density at radius 2 is 1.74 bits per heavy atom. The largest absolute Gasteiger partial charge is 0.482 e. The molecule has 4 nitrogen and oxygen atoms in total. The topological polar surface area (TPSA) is 52.4 Å². The van der Waals surface area contributed by atoms with Crippen LogP contribution in [0.15, 0.2) is 42.5 Å². The molecule has 0 heterocycles. The molecule has 0 saturated heterocycles. The summed E-state index contributed by atoms with van der Waals surface area (Å²) in [6, 6.07) is 12.9. The fourth-order valence-electron chi connectivity index (χ4n) is 1.91. The number of hydrogen-bond donors (Lipinski definition) is 0. The molecule has 0 spiro atoms. The molecule has 19 heavy (non-hydrogen) atoms. The molecule has 0 aliphatic heterocycles. The molecule has 0 aliphatic carbocycles. The minimum atomic E-state index is -0.400. The number of rotatable bonds is 4. The number of nitrogens with zero attached hydrogens (tertiary/aromatic N) is 1. The van der Waals surface area contributed by atoms with E-state index in [0.717, 1.165) is 11.1 Å². The summed E-state index contributed by atoms with van der Waals surface area (Å²) in [7, 11) is 0. The maximum Gasteiger partial charge on any atom is 0.313 e. The first-order valence-corrected chi connectivity index (χ1v) is 6.01. The van der Waals surface area contributed by atoms with E-state index in [0.29, 0.717) is 17.9 Å². The summed E-state index contributed by atoms with van der Waals surface area (Å²) >= 11 is 0. The van der Waals surface area contributed by atoms with Crippen molar-refractivity contribution in [1.29, 1.82) is 0 Å². The Hall–Kier alpha value is -2.36. The SMILES string of the molecule is Cc1ccccc1COc1cccc(C)c1[N+](=O)[O-]. The molecule has 0 unspecified atom stereocenters. The van der Waals surface area contributed by atoms with Gasteiger partial charge in [0.05, 0.1) is 4.92 Å². The number of ether oxygens (including phenoxy) is 1. The van der Waals surface area contributed by atoms with Gasteiger partial charge in [-0.25, -0.2) is 0 Å². The number of aryl methyl sites for hydroxylation is 2. The van der Waals surface area contributed by atoms with Gasteiger partial charge in [0.25, 0.3) is 0 Å². The van der Waals surface area contributed by atoms with Crippen LogP contribution in [0.3, 0.4) is 0 Å². The third-order valence-electron chi connectivity index (χ3n) is 3.03. The molecule has 0 N–H and O–H groups in total. The number of benzene rings is 2. The fraction of sp³-hybridized carbons (Fsp3) is 0.200. The van der Waals surface area contributed by atoms with Gasteiger partial charge >= 0.3 is 5.69 Å². The molecular weight excluding hydrogens is 242 g/mol. The van der Waals surface area contributed by atoms with E-state index in [-0.39, 0.29) is 5.69 Å². The highest BCUT2D eigenvalue weighted by molar-refractivity contribution is 5.52. The molecular formula is C15H15NO3. The Balaban J connectivity index is 2.23. The predicted molar refractivity (Wildman–Crippen MR) is 73.3 cm³/mol. The average molecular weight is 257 g/mol. The van der Waals surface area contributed by atoms with Gasteiger partial charge in [-0.05, 0) is 31.0 Å². The smallest absolute Gasteiger partial charge is 0.313 e. The number of nitro groups is 1. The summed E-state index contributed by atoms with van der Waals surface area (Å²) in [6.45, 7) is 4.03. The highest BCUT2D eigenvalue weighted by Crippen LogP contribution is 2.30. The minimum Gasteiger partial charge on any atom is -0.482 e. The summed E-state index contributed by atoms with van der Waals surface area (Å²) in [4.78, 5) is 10.6. The van der Waals surface area contributed by atoms with E-state index in [4.69, 9.17) is 4.74 Å². The molecule has 0 aliphatic rings. The van der Waals surface area contributed by atoms with Crippen LogP contribution in [0.5, 0.6) is 5.75 Å².